The maximum absolute atomic E-state index is 9.64. The molecular formula is C9H17N3O3. The molecule has 0 fully saturated rings. The summed E-state index contributed by atoms with van der Waals surface area (Å²) < 4.78 is 1.54. The number of nitrogens with zero attached hydrogens (tertiary/aromatic N) is 2. The van der Waals surface area contributed by atoms with Gasteiger partial charge in [0.15, 0.2) is 5.82 Å². The van der Waals surface area contributed by atoms with Crippen LogP contribution in [0.1, 0.15) is 19.5 Å². The number of nitrogens with one attached hydrogen (secondary N) is 1. The zero-order chi connectivity index (χ0) is 11.5. The van der Waals surface area contributed by atoms with Gasteiger partial charge in [-0.3, -0.25) is 9.52 Å². The van der Waals surface area contributed by atoms with Crippen molar-refractivity contribution >= 4 is 5.82 Å². The molecule has 0 unspecified atom stereocenters. The summed E-state index contributed by atoms with van der Waals surface area (Å²) in [5.74, 6) is 0.505. The first kappa shape index (κ1) is 12.0. The lowest BCUT2D eigenvalue weighted by molar-refractivity contribution is 0.0555. The van der Waals surface area contributed by atoms with E-state index in [9.17, 15) is 5.11 Å². The first-order valence-corrected chi connectivity index (χ1v) is 4.65. The number of aliphatic hydroxyl groups excluding tert-OH is 1. The van der Waals surface area contributed by atoms with Crippen LogP contribution in [0.25, 0.3) is 0 Å². The Morgan fingerprint density at radius 2 is 2.27 bits per heavy atom. The van der Waals surface area contributed by atoms with Crippen LogP contribution in [0.3, 0.4) is 0 Å². The van der Waals surface area contributed by atoms with Gasteiger partial charge in [0.2, 0.25) is 0 Å². The zero-order valence-electron chi connectivity index (χ0n) is 9.19. The molecule has 3 N–H and O–H groups in total. The highest BCUT2D eigenvalue weighted by molar-refractivity contribution is 5.33. The summed E-state index contributed by atoms with van der Waals surface area (Å²) in [4.78, 5) is 4.70. The lowest BCUT2D eigenvalue weighted by atomic mass is 10.1. The van der Waals surface area contributed by atoms with Crippen LogP contribution in [0, 0.1) is 0 Å². The Morgan fingerprint density at radius 3 is 2.73 bits per heavy atom. The highest BCUT2D eigenvalue weighted by atomic mass is 16.6. The molecule has 1 rings (SSSR count). The predicted octanol–water partition coefficient (Wildman–Crippen LogP) is 0.120. The first-order valence-electron chi connectivity index (χ1n) is 4.65. The molecule has 0 aliphatic rings. The molecular weight excluding hydrogens is 198 g/mol. The summed E-state index contributed by atoms with van der Waals surface area (Å²) >= 11 is 0. The van der Waals surface area contributed by atoms with E-state index in [0.29, 0.717) is 18.1 Å². The predicted molar refractivity (Wildman–Crippen MR) is 55.1 cm³/mol. The van der Waals surface area contributed by atoms with Gasteiger partial charge in [0, 0.05) is 6.07 Å². The van der Waals surface area contributed by atoms with E-state index in [0.717, 1.165) is 0 Å². The summed E-state index contributed by atoms with van der Waals surface area (Å²) in [5, 5.41) is 22.8. The monoisotopic (exact) mass is 215 g/mol. The summed E-state index contributed by atoms with van der Waals surface area (Å²) in [5.41, 5.74) is 2.31. The van der Waals surface area contributed by atoms with Crippen LogP contribution in [0.2, 0.25) is 0 Å². The molecule has 0 aliphatic carbocycles. The average Bonchev–Trinajstić information content (AvgIpc) is 2.45. The number of aromatic nitrogens is 2. The molecule has 6 heteroatoms. The molecule has 0 bridgehead atoms. The number of aliphatic hydroxyl groups is 2. The Morgan fingerprint density at radius 1 is 1.60 bits per heavy atom. The van der Waals surface area contributed by atoms with Crippen LogP contribution in [0.4, 0.5) is 5.82 Å². The van der Waals surface area contributed by atoms with Crippen molar-refractivity contribution in [2.24, 2.45) is 0 Å². The van der Waals surface area contributed by atoms with Gasteiger partial charge in [0.1, 0.15) is 0 Å². The van der Waals surface area contributed by atoms with Gasteiger partial charge < -0.3 is 10.2 Å². The molecule has 1 heterocycles. The summed E-state index contributed by atoms with van der Waals surface area (Å²) in [6.45, 7) is 3.54. The van der Waals surface area contributed by atoms with Gasteiger partial charge in [-0.05, 0) is 13.8 Å². The smallest absolute Gasteiger partial charge is 0.172 e. The Kier molecular flexibility index (Phi) is 3.67. The molecule has 0 spiro atoms. The second kappa shape index (κ2) is 4.61. The molecule has 0 radical (unpaired) electrons. The van der Waals surface area contributed by atoms with Crippen LogP contribution in [-0.4, -0.2) is 32.7 Å². The lowest BCUT2D eigenvalue weighted by Gasteiger charge is -2.18. The molecule has 86 valence electrons. The molecule has 0 saturated carbocycles. The van der Waals surface area contributed by atoms with E-state index in [1.807, 2.05) is 0 Å². The van der Waals surface area contributed by atoms with E-state index in [4.69, 9.17) is 9.94 Å². The third-order valence-corrected chi connectivity index (χ3v) is 1.77. The van der Waals surface area contributed by atoms with Crippen molar-refractivity contribution in [3.05, 3.63) is 11.8 Å². The van der Waals surface area contributed by atoms with Crippen molar-refractivity contribution in [2.45, 2.75) is 32.6 Å². The summed E-state index contributed by atoms with van der Waals surface area (Å²) in [7, 11) is 1.48. The molecule has 0 amide bonds. The second-order valence-corrected chi connectivity index (χ2v) is 3.96. The maximum atomic E-state index is 9.64. The van der Waals surface area contributed by atoms with Crippen LogP contribution >= 0.6 is 0 Å². The fraction of sp³-hybridized carbons (Fsp3) is 0.667. The molecule has 15 heavy (non-hydrogen) atoms. The zero-order valence-corrected chi connectivity index (χ0v) is 9.19. The Balaban J connectivity index is 2.85. The van der Waals surface area contributed by atoms with E-state index in [1.165, 1.54) is 7.11 Å². The number of anilines is 1. The maximum Gasteiger partial charge on any atom is 0.172 e. The molecule has 6 nitrogen and oxygen atoms in total. The average molecular weight is 215 g/mol. The van der Waals surface area contributed by atoms with Crippen LogP contribution in [0.5, 0.6) is 0 Å². The highest BCUT2D eigenvalue weighted by Crippen LogP contribution is 2.13. The minimum atomic E-state index is -0.875. The van der Waals surface area contributed by atoms with Crippen molar-refractivity contribution in [2.75, 3.05) is 12.6 Å². The van der Waals surface area contributed by atoms with Crippen molar-refractivity contribution in [1.29, 1.82) is 0 Å². The Labute approximate surface area is 88.4 Å². The Bertz CT molecular complexity index is 317. The van der Waals surface area contributed by atoms with Crippen LogP contribution < -0.4 is 5.48 Å². The largest absolute Gasteiger partial charge is 0.390 e. The molecule has 1 aromatic rings. The van der Waals surface area contributed by atoms with Crippen molar-refractivity contribution in [3.8, 4) is 0 Å². The number of hydrogen-bond acceptors (Lipinski definition) is 5. The van der Waals surface area contributed by atoms with Crippen LogP contribution in [0.15, 0.2) is 6.07 Å². The van der Waals surface area contributed by atoms with E-state index >= 15 is 0 Å². The van der Waals surface area contributed by atoms with Gasteiger partial charge in [-0.15, -0.1) is 0 Å². The van der Waals surface area contributed by atoms with Gasteiger partial charge >= 0.3 is 0 Å². The molecule has 0 saturated heterocycles. The fourth-order valence-corrected chi connectivity index (χ4v) is 1.24. The van der Waals surface area contributed by atoms with Crippen molar-refractivity contribution in [1.82, 2.24) is 9.78 Å². The topological polar surface area (TPSA) is 79.5 Å². The first-order chi connectivity index (χ1) is 6.96. The minimum absolute atomic E-state index is 0.130. The van der Waals surface area contributed by atoms with Gasteiger partial charge in [-0.25, -0.2) is 5.48 Å². The summed E-state index contributed by atoms with van der Waals surface area (Å²) in [6.07, 6.45) is 0. The molecule has 1 aromatic heterocycles. The third kappa shape index (κ3) is 3.50. The molecule has 0 atom stereocenters. The van der Waals surface area contributed by atoms with E-state index in [1.54, 1.807) is 24.6 Å². The highest BCUT2D eigenvalue weighted by Gasteiger charge is 2.17. The molecule has 0 aromatic carbocycles. The van der Waals surface area contributed by atoms with E-state index in [2.05, 4.69) is 10.6 Å². The minimum Gasteiger partial charge on any atom is -0.390 e. The standard InChI is InChI=1S/C9H17N3O3/c1-9(2,14)6-12-7(5-13)4-8(10-12)11-15-3/h4,13-14H,5-6H2,1-3H3,(H,10,11). The van der Waals surface area contributed by atoms with Gasteiger partial charge in [0.25, 0.3) is 0 Å². The number of hydrogen-bond donors (Lipinski definition) is 3. The van der Waals surface area contributed by atoms with Gasteiger partial charge in [-0.2, -0.15) is 5.10 Å². The quantitative estimate of drug-likeness (QED) is 0.608. The fourth-order valence-electron chi connectivity index (χ4n) is 1.24. The van der Waals surface area contributed by atoms with Crippen molar-refractivity contribution < 1.29 is 15.1 Å². The number of rotatable bonds is 5. The Hall–Kier alpha value is -1.11. The normalized spacial score (nSPS) is 11.8. The third-order valence-electron chi connectivity index (χ3n) is 1.77. The van der Waals surface area contributed by atoms with E-state index < -0.39 is 5.60 Å². The van der Waals surface area contributed by atoms with Crippen molar-refractivity contribution in [3.63, 3.8) is 0 Å². The second-order valence-electron chi connectivity index (χ2n) is 3.96. The van der Waals surface area contributed by atoms with Crippen LogP contribution in [-0.2, 0) is 18.0 Å². The summed E-state index contributed by atoms with van der Waals surface area (Å²) in [6, 6.07) is 1.66. The molecule has 0 aliphatic heterocycles. The van der Waals surface area contributed by atoms with Gasteiger partial charge in [0.05, 0.1) is 31.6 Å². The van der Waals surface area contributed by atoms with Gasteiger partial charge in [-0.1, -0.05) is 0 Å². The van der Waals surface area contributed by atoms with E-state index in [-0.39, 0.29) is 6.61 Å². The lowest BCUT2D eigenvalue weighted by Crippen LogP contribution is -2.27. The SMILES string of the molecule is CONc1cc(CO)n(CC(C)(C)O)n1.